The van der Waals surface area contributed by atoms with Gasteiger partial charge in [0.05, 0.1) is 0 Å². The zero-order chi connectivity index (χ0) is 7.73. The molecular formula is C9H17NS. The average Bonchev–Trinajstić information content (AvgIpc) is 2.34. The van der Waals surface area contributed by atoms with Crippen molar-refractivity contribution < 1.29 is 0 Å². The van der Waals surface area contributed by atoms with Crippen LogP contribution in [-0.2, 0) is 0 Å². The van der Waals surface area contributed by atoms with Gasteiger partial charge in [-0.1, -0.05) is 32.1 Å². The second-order valence-corrected chi connectivity index (χ2v) is 4.76. The van der Waals surface area contributed by atoms with Crippen LogP contribution in [0.1, 0.15) is 38.5 Å². The van der Waals surface area contributed by atoms with Crippen molar-refractivity contribution in [3.8, 4) is 0 Å². The zero-order valence-corrected chi connectivity index (χ0v) is 7.95. The quantitative estimate of drug-likeness (QED) is 0.548. The number of thiol groups is 1. The minimum absolute atomic E-state index is 0.694. The molecule has 1 nitrogen and oxygen atoms in total. The van der Waals surface area contributed by atoms with Gasteiger partial charge in [-0.15, -0.1) is 0 Å². The van der Waals surface area contributed by atoms with Gasteiger partial charge in [0.15, 0.2) is 0 Å². The lowest BCUT2D eigenvalue weighted by molar-refractivity contribution is 0.208. The largest absolute Gasteiger partial charge is 0.253 e. The van der Waals surface area contributed by atoms with Crippen LogP contribution in [0.4, 0.5) is 0 Å². The lowest BCUT2D eigenvalue weighted by Gasteiger charge is -2.32. The van der Waals surface area contributed by atoms with E-state index < -0.39 is 0 Å². The molecule has 2 aliphatic rings. The molecule has 1 spiro atoms. The van der Waals surface area contributed by atoms with Crippen molar-refractivity contribution in [1.82, 2.24) is 4.31 Å². The van der Waals surface area contributed by atoms with E-state index in [1.54, 1.807) is 0 Å². The Morgan fingerprint density at radius 3 is 2.27 bits per heavy atom. The second kappa shape index (κ2) is 2.98. The first-order valence-electron chi connectivity index (χ1n) is 4.75. The fourth-order valence-electron chi connectivity index (χ4n) is 2.62. The summed E-state index contributed by atoms with van der Waals surface area (Å²) in [7, 11) is 0. The average molecular weight is 171 g/mol. The van der Waals surface area contributed by atoms with E-state index in [-0.39, 0.29) is 0 Å². The molecule has 0 radical (unpaired) electrons. The summed E-state index contributed by atoms with van der Waals surface area (Å²) < 4.78 is 2.20. The van der Waals surface area contributed by atoms with E-state index in [2.05, 4.69) is 17.1 Å². The highest BCUT2D eigenvalue weighted by Crippen LogP contribution is 2.43. The van der Waals surface area contributed by atoms with Crippen LogP contribution in [0, 0.1) is 5.41 Å². The summed E-state index contributed by atoms with van der Waals surface area (Å²) in [6.07, 6.45) is 8.71. The summed E-state index contributed by atoms with van der Waals surface area (Å²) in [5, 5.41) is 0. The van der Waals surface area contributed by atoms with Crippen LogP contribution in [0.15, 0.2) is 0 Å². The van der Waals surface area contributed by atoms with E-state index in [1.807, 2.05) is 0 Å². The van der Waals surface area contributed by atoms with E-state index in [4.69, 9.17) is 0 Å². The van der Waals surface area contributed by atoms with Gasteiger partial charge in [0.2, 0.25) is 0 Å². The molecular weight excluding hydrogens is 154 g/mol. The minimum Gasteiger partial charge on any atom is -0.253 e. The van der Waals surface area contributed by atoms with Crippen LogP contribution in [0.2, 0.25) is 0 Å². The standard InChI is InChI=1S/C9H17NS/c11-10-7-6-9(8-10)4-2-1-3-5-9/h11H,1-8H2. The van der Waals surface area contributed by atoms with Gasteiger partial charge in [0.25, 0.3) is 0 Å². The lowest BCUT2D eigenvalue weighted by atomic mass is 9.74. The summed E-state index contributed by atoms with van der Waals surface area (Å²) in [4.78, 5) is 0. The Hall–Kier alpha value is 0.310. The Balaban J connectivity index is 1.98. The van der Waals surface area contributed by atoms with Crippen LogP contribution in [-0.4, -0.2) is 17.4 Å². The van der Waals surface area contributed by atoms with Crippen LogP contribution in [0.25, 0.3) is 0 Å². The Morgan fingerprint density at radius 2 is 1.73 bits per heavy atom. The Kier molecular flexibility index (Phi) is 2.15. The topological polar surface area (TPSA) is 3.24 Å². The molecule has 0 aromatic carbocycles. The summed E-state index contributed by atoms with van der Waals surface area (Å²) in [5.41, 5.74) is 0.694. The van der Waals surface area contributed by atoms with Gasteiger partial charge < -0.3 is 0 Å². The van der Waals surface area contributed by atoms with Crippen LogP contribution in [0.3, 0.4) is 0 Å². The molecule has 2 fully saturated rings. The van der Waals surface area contributed by atoms with Gasteiger partial charge in [0, 0.05) is 13.1 Å². The summed E-state index contributed by atoms with van der Waals surface area (Å²) in [6.45, 7) is 2.46. The highest BCUT2D eigenvalue weighted by molar-refractivity contribution is 7.77. The fraction of sp³-hybridized carbons (Fsp3) is 1.00. The molecule has 64 valence electrons. The van der Waals surface area contributed by atoms with Gasteiger partial charge in [-0.05, 0) is 24.7 Å². The molecule has 11 heavy (non-hydrogen) atoms. The van der Waals surface area contributed by atoms with Crippen LogP contribution >= 0.6 is 12.8 Å². The third-order valence-electron chi connectivity index (χ3n) is 3.33. The highest BCUT2D eigenvalue weighted by Gasteiger charge is 2.37. The van der Waals surface area contributed by atoms with E-state index in [0.717, 1.165) is 0 Å². The molecule has 2 heteroatoms. The predicted molar refractivity (Wildman–Crippen MR) is 50.7 cm³/mol. The molecule has 1 aliphatic carbocycles. The molecule has 1 aliphatic heterocycles. The number of hydrogen-bond donors (Lipinski definition) is 1. The monoisotopic (exact) mass is 171 g/mol. The SMILES string of the molecule is SN1CCC2(CCCCC2)C1. The first-order chi connectivity index (χ1) is 5.31. The first-order valence-corrected chi connectivity index (χ1v) is 5.15. The molecule has 0 amide bonds. The van der Waals surface area contributed by atoms with E-state index >= 15 is 0 Å². The molecule has 1 saturated heterocycles. The van der Waals surface area contributed by atoms with Crippen molar-refractivity contribution in [1.29, 1.82) is 0 Å². The summed E-state index contributed by atoms with van der Waals surface area (Å²) >= 11 is 4.41. The van der Waals surface area contributed by atoms with Crippen LogP contribution in [0.5, 0.6) is 0 Å². The molecule has 1 heterocycles. The van der Waals surface area contributed by atoms with E-state index in [9.17, 15) is 0 Å². The lowest BCUT2D eigenvalue weighted by Crippen LogP contribution is -2.25. The maximum absolute atomic E-state index is 4.41. The van der Waals surface area contributed by atoms with Gasteiger partial charge >= 0.3 is 0 Å². The molecule has 0 bridgehead atoms. The third kappa shape index (κ3) is 1.57. The van der Waals surface area contributed by atoms with Crippen molar-refractivity contribution >= 4 is 12.8 Å². The fourth-order valence-corrected chi connectivity index (χ4v) is 3.02. The molecule has 0 aromatic heterocycles. The van der Waals surface area contributed by atoms with Gasteiger partial charge in [-0.3, -0.25) is 4.31 Å². The highest BCUT2D eigenvalue weighted by atomic mass is 32.1. The molecule has 0 N–H and O–H groups in total. The normalized spacial score (nSPS) is 31.4. The Labute approximate surface area is 74.7 Å². The van der Waals surface area contributed by atoms with Crippen molar-refractivity contribution in [2.75, 3.05) is 13.1 Å². The van der Waals surface area contributed by atoms with Crippen molar-refractivity contribution in [2.24, 2.45) is 5.41 Å². The predicted octanol–water partition coefficient (Wildman–Crippen LogP) is 2.49. The minimum atomic E-state index is 0.694. The third-order valence-corrected chi connectivity index (χ3v) is 3.67. The van der Waals surface area contributed by atoms with Gasteiger partial charge in [-0.25, -0.2) is 0 Å². The molecule has 0 atom stereocenters. The van der Waals surface area contributed by atoms with Crippen LogP contribution < -0.4 is 0 Å². The Morgan fingerprint density at radius 1 is 1.00 bits per heavy atom. The zero-order valence-electron chi connectivity index (χ0n) is 7.05. The summed E-state index contributed by atoms with van der Waals surface area (Å²) in [5.74, 6) is 0. The van der Waals surface area contributed by atoms with E-state index in [1.165, 1.54) is 51.6 Å². The van der Waals surface area contributed by atoms with Gasteiger partial charge in [-0.2, -0.15) is 0 Å². The second-order valence-electron chi connectivity index (χ2n) is 4.20. The number of rotatable bonds is 0. The van der Waals surface area contributed by atoms with E-state index in [0.29, 0.717) is 5.41 Å². The number of nitrogens with zero attached hydrogens (tertiary/aromatic N) is 1. The summed E-state index contributed by atoms with van der Waals surface area (Å²) in [6, 6.07) is 0. The molecule has 0 unspecified atom stereocenters. The molecule has 2 rings (SSSR count). The van der Waals surface area contributed by atoms with Crippen molar-refractivity contribution in [3.63, 3.8) is 0 Å². The van der Waals surface area contributed by atoms with Crippen molar-refractivity contribution in [3.05, 3.63) is 0 Å². The Bertz CT molecular complexity index is 135. The number of hydrogen-bond acceptors (Lipinski definition) is 2. The maximum atomic E-state index is 4.41. The first kappa shape index (κ1) is 7.93. The molecule has 1 saturated carbocycles. The smallest absolute Gasteiger partial charge is 0.0144 e. The van der Waals surface area contributed by atoms with Gasteiger partial charge in [0.1, 0.15) is 0 Å². The maximum Gasteiger partial charge on any atom is 0.0144 e. The van der Waals surface area contributed by atoms with Crippen molar-refractivity contribution in [2.45, 2.75) is 38.5 Å². The molecule has 0 aromatic rings.